The van der Waals surface area contributed by atoms with E-state index in [1.807, 2.05) is 31.4 Å². The van der Waals surface area contributed by atoms with Gasteiger partial charge in [0.05, 0.1) is 6.10 Å². The maximum Gasteiger partial charge on any atom is 0.159 e. The Bertz CT molecular complexity index is 574. The standard InChI is InChI=1S/C16H19F2NOS/c1-10(8-15(20)16-4-3-7-21-16)19-11(2)12-5-6-13(17)14(18)9-12/h3-7,9-11,15,19-20H,8H2,1-2H3. The van der Waals surface area contributed by atoms with Crippen molar-refractivity contribution in [2.75, 3.05) is 0 Å². The fourth-order valence-corrected chi connectivity index (χ4v) is 3.03. The molecule has 1 aromatic carbocycles. The van der Waals surface area contributed by atoms with Gasteiger partial charge in [0, 0.05) is 17.0 Å². The highest BCUT2D eigenvalue weighted by atomic mass is 32.1. The first-order chi connectivity index (χ1) is 9.97. The van der Waals surface area contributed by atoms with Crippen LogP contribution in [-0.4, -0.2) is 11.1 Å². The number of aliphatic hydroxyl groups is 1. The molecule has 5 heteroatoms. The second-order valence-electron chi connectivity index (χ2n) is 5.23. The average molecular weight is 311 g/mol. The largest absolute Gasteiger partial charge is 0.388 e. The highest BCUT2D eigenvalue weighted by Crippen LogP contribution is 2.24. The molecule has 2 rings (SSSR count). The molecule has 0 aliphatic carbocycles. The average Bonchev–Trinajstić information content (AvgIpc) is 2.95. The Labute approximate surface area is 127 Å². The lowest BCUT2D eigenvalue weighted by molar-refractivity contribution is 0.155. The summed E-state index contributed by atoms with van der Waals surface area (Å²) in [6, 6.07) is 7.64. The van der Waals surface area contributed by atoms with E-state index in [1.165, 1.54) is 17.4 Å². The van der Waals surface area contributed by atoms with Crippen molar-refractivity contribution in [1.29, 1.82) is 0 Å². The van der Waals surface area contributed by atoms with E-state index in [-0.39, 0.29) is 12.1 Å². The molecule has 2 N–H and O–H groups in total. The highest BCUT2D eigenvalue weighted by Gasteiger charge is 2.16. The summed E-state index contributed by atoms with van der Waals surface area (Å²) >= 11 is 1.52. The molecule has 1 aromatic heterocycles. The molecule has 2 nitrogen and oxygen atoms in total. The minimum atomic E-state index is -0.841. The van der Waals surface area contributed by atoms with E-state index < -0.39 is 17.7 Å². The number of nitrogens with one attached hydrogen (secondary N) is 1. The van der Waals surface area contributed by atoms with Crippen LogP contribution in [0.5, 0.6) is 0 Å². The van der Waals surface area contributed by atoms with Crippen LogP contribution in [0.3, 0.4) is 0 Å². The Morgan fingerprint density at radius 2 is 1.95 bits per heavy atom. The first kappa shape index (κ1) is 16.1. The molecule has 2 aromatic rings. The molecule has 0 radical (unpaired) electrons. The number of hydrogen-bond donors (Lipinski definition) is 2. The predicted octanol–water partition coefficient (Wildman–Crippen LogP) is 4.19. The minimum Gasteiger partial charge on any atom is -0.388 e. The van der Waals surface area contributed by atoms with Gasteiger partial charge in [0.1, 0.15) is 0 Å². The normalized spacial score (nSPS) is 15.7. The van der Waals surface area contributed by atoms with Crippen LogP contribution >= 0.6 is 11.3 Å². The van der Waals surface area contributed by atoms with Crippen molar-refractivity contribution in [2.45, 2.75) is 38.5 Å². The lowest BCUT2D eigenvalue weighted by atomic mass is 10.0. The molecule has 3 unspecified atom stereocenters. The van der Waals surface area contributed by atoms with Gasteiger partial charge < -0.3 is 10.4 Å². The zero-order valence-corrected chi connectivity index (χ0v) is 12.8. The number of thiophene rings is 1. The smallest absolute Gasteiger partial charge is 0.159 e. The van der Waals surface area contributed by atoms with Gasteiger partial charge in [0.15, 0.2) is 11.6 Å². The Balaban J connectivity index is 1.92. The van der Waals surface area contributed by atoms with Crippen molar-refractivity contribution in [3.05, 3.63) is 57.8 Å². The molecular formula is C16H19F2NOS. The van der Waals surface area contributed by atoms with E-state index in [0.29, 0.717) is 12.0 Å². The third-order valence-electron chi connectivity index (χ3n) is 3.43. The summed E-state index contributed by atoms with van der Waals surface area (Å²) in [5.74, 6) is -1.68. The fraction of sp³-hybridized carbons (Fsp3) is 0.375. The Hall–Kier alpha value is -1.30. The first-order valence-corrected chi connectivity index (χ1v) is 7.77. The van der Waals surface area contributed by atoms with Crippen molar-refractivity contribution in [2.24, 2.45) is 0 Å². The van der Waals surface area contributed by atoms with E-state index in [9.17, 15) is 13.9 Å². The molecule has 0 saturated carbocycles. The summed E-state index contributed by atoms with van der Waals surface area (Å²) in [4.78, 5) is 0.934. The molecule has 21 heavy (non-hydrogen) atoms. The molecule has 0 amide bonds. The van der Waals surface area contributed by atoms with Gasteiger partial charge >= 0.3 is 0 Å². The molecule has 1 heterocycles. The van der Waals surface area contributed by atoms with Crippen LogP contribution in [0.15, 0.2) is 35.7 Å². The molecule has 0 saturated heterocycles. The first-order valence-electron chi connectivity index (χ1n) is 6.90. The highest BCUT2D eigenvalue weighted by molar-refractivity contribution is 7.10. The topological polar surface area (TPSA) is 32.3 Å². The summed E-state index contributed by atoms with van der Waals surface area (Å²) in [6.45, 7) is 3.86. The van der Waals surface area contributed by atoms with E-state index in [0.717, 1.165) is 10.9 Å². The Morgan fingerprint density at radius 3 is 2.57 bits per heavy atom. The van der Waals surface area contributed by atoms with Crippen molar-refractivity contribution in [3.8, 4) is 0 Å². The van der Waals surface area contributed by atoms with Gasteiger partial charge in [-0.2, -0.15) is 0 Å². The van der Waals surface area contributed by atoms with Gasteiger partial charge in [-0.15, -0.1) is 11.3 Å². The second kappa shape index (κ2) is 7.11. The number of rotatable bonds is 6. The molecule has 0 aliphatic rings. The van der Waals surface area contributed by atoms with Crippen LogP contribution < -0.4 is 5.32 Å². The lowest BCUT2D eigenvalue weighted by Gasteiger charge is -2.22. The van der Waals surface area contributed by atoms with E-state index in [1.54, 1.807) is 6.07 Å². The molecule has 3 atom stereocenters. The molecule has 0 fully saturated rings. The molecule has 114 valence electrons. The third-order valence-corrected chi connectivity index (χ3v) is 4.40. The van der Waals surface area contributed by atoms with Gasteiger partial charge in [-0.3, -0.25) is 0 Å². The number of hydrogen-bond acceptors (Lipinski definition) is 3. The van der Waals surface area contributed by atoms with Crippen molar-refractivity contribution in [3.63, 3.8) is 0 Å². The van der Waals surface area contributed by atoms with Gasteiger partial charge in [-0.1, -0.05) is 12.1 Å². The number of aliphatic hydroxyl groups excluding tert-OH is 1. The van der Waals surface area contributed by atoms with Gasteiger partial charge in [-0.05, 0) is 49.4 Å². The zero-order valence-electron chi connectivity index (χ0n) is 12.0. The zero-order chi connectivity index (χ0) is 15.4. The van der Waals surface area contributed by atoms with E-state index in [2.05, 4.69) is 5.32 Å². The monoisotopic (exact) mass is 311 g/mol. The quantitative estimate of drug-likeness (QED) is 0.838. The Morgan fingerprint density at radius 1 is 1.19 bits per heavy atom. The van der Waals surface area contributed by atoms with Crippen LogP contribution in [-0.2, 0) is 0 Å². The maximum atomic E-state index is 13.2. The van der Waals surface area contributed by atoms with E-state index in [4.69, 9.17) is 0 Å². The van der Waals surface area contributed by atoms with Gasteiger partial charge in [0.25, 0.3) is 0 Å². The minimum absolute atomic E-state index is 0.0465. The van der Waals surface area contributed by atoms with Crippen LogP contribution in [0.25, 0.3) is 0 Å². The van der Waals surface area contributed by atoms with Crippen LogP contribution in [0, 0.1) is 11.6 Å². The van der Waals surface area contributed by atoms with Gasteiger partial charge in [-0.25, -0.2) is 8.78 Å². The van der Waals surface area contributed by atoms with Crippen LogP contribution in [0.2, 0.25) is 0 Å². The molecular weight excluding hydrogens is 292 g/mol. The molecule has 0 bridgehead atoms. The van der Waals surface area contributed by atoms with Crippen molar-refractivity contribution < 1.29 is 13.9 Å². The Kier molecular flexibility index (Phi) is 5.45. The maximum absolute atomic E-state index is 13.2. The third kappa shape index (κ3) is 4.33. The number of halogens is 2. The fourth-order valence-electron chi connectivity index (χ4n) is 2.30. The summed E-state index contributed by atoms with van der Waals surface area (Å²) < 4.78 is 26.2. The molecule has 0 aliphatic heterocycles. The summed E-state index contributed by atoms with van der Waals surface area (Å²) in [5.41, 5.74) is 0.686. The summed E-state index contributed by atoms with van der Waals surface area (Å²) in [5, 5.41) is 15.3. The van der Waals surface area contributed by atoms with Crippen molar-refractivity contribution >= 4 is 11.3 Å². The second-order valence-corrected chi connectivity index (χ2v) is 6.21. The van der Waals surface area contributed by atoms with Crippen LogP contribution in [0.1, 0.15) is 42.9 Å². The lowest BCUT2D eigenvalue weighted by Crippen LogP contribution is -2.30. The summed E-state index contributed by atoms with van der Waals surface area (Å²) in [7, 11) is 0. The SMILES string of the molecule is CC(CC(O)c1cccs1)NC(C)c1ccc(F)c(F)c1. The van der Waals surface area contributed by atoms with Crippen molar-refractivity contribution in [1.82, 2.24) is 5.32 Å². The van der Waals surface area contributed by atoms with E-state index >= 15 is 0 Å². The predicted molar refractivity (Wildman–Crippen MR) is 81.3 cm³/mol. The van der Waals surface area contributed by atoms with Crippen LogP contribution in [0.4, 0.5) is 8.78 Å². The number of benzene rings is 1. The molecule has 0 spiro atoms. The summed E-state index contributed by atoms with van der Waals surface area (Å²) in [6.07, 6.45) is 0.0544. The van der Waals surface area contributed by atoms with Gasteiger partial charge in [0.2, 0.25) is 0 Å².